The molecule has 18 heavy (non-hydrogen) atoms. The molecule has 1 rings (SSSR count). The Hall–Kier alpha value is -0.523. The van der Waals surface area contributed by atoms with Crippen molar-refractivity contribution < 1.29 is 0 Å². The SMILES string of the molecule is CCCCCCCC#Cc1cscc1[Si](C)(C)C. The van der Waals surface area contributed by atoms with Crippen LogP contribution in [0.25, 0.3) is 0 Å². The molecule has 0 aliphatic rings. The molecule has 0 radical (unpaired) electrons. The zero-order chi connectivity index (χ0) is 13.4. The van der Waals surface area contributed by atoms with Gasteiger partial charge in [0.15, 0.2) is 0 Å². The summed E-state index contributed by atoms with van der Waals surface area (Å²) in [5.41, 5.74) is 1.30. The van der Waals surface area contributed by atoms with Crippen molar-refractivity contribution >= 4 is 24.6 Å². The van der Waals surface area contributed by atoms with Crippen molar-refractivity contribution in [2.45, 2.75) is 65.1 Å². The third kappa shape index (κ3) is 5.41. The van der Waals surface area contributed by atoms with E-state index >= 15 is 0 Å². The summed E-state index contributed by atoms with van der Waals surface area (Å²) in [6.07, 6.45) is 7.73. The predicted molar refractivity (Wildman–Crippen MR) is 87.6 cm³/mol. The van der Waals surface area contributed by atoms with Crippen molar-refractivity contribution in [1.29, 1.82) is 0 Å². The second-order valence-corrected chi connectivity index (χ2v) is 11.7. The van der Waals surface area contributed by atoms with Gasteiger partial charge in [0, 0.05) is 17.4 Å². The zero-order valence-corrected chi connectivity index (χ0v) is 14.1. The summed E-state index contributed by atoms with van der Waals surface area (Å²) in [7, 11) is -1.20. The molecular formula is C16H26SSi. The fourth-order valence-corrected chi connectivity index (χ4v) is 5.27. The molecule has 0 saturated carbocycles. The van der Waals surface area contributed by atoms with E-state index in [2.05, 4.69) is 49.2 Å². The van der Waals surface area contributed by atoms with E-state index in [1.54, 1.807) is 11.3 Å². The fourth-order valence-electron chi connectivity index (χ4n) is 1.95. The average molecular weight is 279 g/mol. The molecule has 0 spiro atoms. The molecule has 0 fully saturated rings. The maximum Gasteiger partial charge on any atom is 0.0803 e. The summed E-state index contributed by atoms with van der Waals surface area (Å²) < 4.78 is 0. The van der Waals surface area contributed by atoms with Gasteiger partial charge in [0.2, 0.25) is 0 Å². The van der Waals surface area contributed by atoms with E-state index in [9.17, 15) is 0 Å². The minimum atomic E-state index is -1.20. The quantitative estimate of drug-likeness (QED) is 0.390. The normalized spacial score (nSPS) is 11.1. The van der Waals surface area contributed by atoms with Crippen LogP contribution < -0.4 is 5.19 Å². The predicted octanol–water partition coefficient (Wildman–Crippen LogP) is 5.01. The van der Waals surface area contributed by atoms with Crippen LogP contribution in [0.15, 0.2) is 10.8 Å². The molecule has 0 aliphatic carbocycles. The molecule has 0 aliphatic heterocycles. The molecule has 0 amide bonds. The first-order chi connectivity index (χ1) is 8.55. The summed E-state index contributed by atoms with van der Waals surface area (Å²) in [5, 5.41) is 6.06. The zero-order valence-electron chi connectivity index (χ0n) is 12.3. The van der Waals surface area contributed by atoms with Crippen LogP contribution in [0.4, 0.5) is 0 Å². The van der Waals surface area contributed by atoms with Crippen LogP contribution in [0, 0.1) is 11.8 Å². The van der Waals surface area contributed by atoms with Crippen LogP contribution in [0.2, 0.25) is 19.6 Å². The molecule has 0 atom stereocenters. The van der Waals surface area contributed by atoms with E-state index in [1.165, 1.54) is 42.9 Å². The van der Waals surface area contributed by atoms with Gasteiger partial charge in [-0.15, -0.1) is 0 Å². The first-order valence-corrected chi connectivity index (χ1v) is 11.6. The molecule has 0 bridgehead atoms. The molecule has 100 valence electrons. The van der Waals surface area contributed by atoms with E-state index < -0.39 is 8.07 Å². The van der Waals surface area contributed by atoms with Gasteiger partial charge >= 0.3 is 0 Å². The van der Waals surface area contributed by atoms with Gasteiger partial charge < -0.3 is 0 Å². The Bertz CT molecular complexity index is 401. The molecule has 0 saturated heterocycles. The molecular weight excluding hydrogens is 252 g/mol. The number of hydrogen-bond donors (Lipinski definition) is 0. The lowest BCUT2D eigenvalue weighted by atomic mass is 10.1. The summed E-state index contributed by atoms with van der Waals surface area (Å²) in [6, 6.07) is 0. The van der Waals surface area contributed by atoms with Crippen LogP contribution in [0.5, 0.6) is 0 Å². The highest BCUT2D eigenvalue weighted by Gasteiger charge is 2.19. The van der Waals surface area contributed by atoms with Gasteiger partial charge in [0.25, 0.3) is 0 Å². The molecule has 0 unspecified atom stereocenters. The molecule has 0 N–H and O–H groups in total. The average Bonchev–Trinajstić information content (AvgIpc) is 2.76. The van der Waals surface area contributed by atoms with E-state index in [0.717, 1.165) is 6.42 Å². The molecule has 1 aromatic heterocycles. The smallest absolute Gasteiger partial charge is 0.0803 e. The maximum absolute atomic E-state index is 3.39. The highest BCUT2D eigenvalue weighted by molar-refractivity contribution is 7.10. The standard InChI is InChI=1S/C16H26SSi/c1-5-6-7-8-9-10-11-12-15-13-17-14-16(15)18(2,3)4/h13-14H,5-10H2,1-4H3. The van der Waals surface area contributed by atoms with Gasteiger partial charge in [-0.1, -0.05) is 64.1 Å². The fraction of sp³-hybridized carbons (Fsp3) is 0.625. The Morgan fingerprint density at radius 2 is 1.78 bits per heavy atom. The Kier molecular flexibility index (Phi) is 6.74. The largest absolute Gasteiger partial charge is 0.151 e. The Labute approximate surface area is 118 Å². The summed E-state index contributed by atoms with van der Waals surface area (Å²) in [5.74, 6) is 6.74. The van der Waals surface area contributed by atoms with Crippen molar-refractivity contribution in [3.63, 3.8) is 0 Å². The number of rotatable bonds is 6. The Balaban J connectivity index is 2.42. The van der Waals surface area contributed by atoms with Gasteiger partial charge in [-0.3, -0.25) is 0 Å². The second kappa shape index (κ2) is 7.81. The van der Waals surface area contributed by atoms with E-state index in [-0.39, 0.29) is 0 Å². The Morgan fingerprint density at radius 1 is 1.06 bits per heavy atom. The third-order valence-corrected chi connectivity index (χ3v) is 6.08. The van der Waals surface area contributed by atoms with E-state index in [1.807, 2.05) is 0 Å². The molecule has 1 heterocycles. The lowest BCUT2D eigenvalue weighted by molar-refractivity contribution is 0.641. The third-order valence-electron chi connectivity index (χ3n) is 3.10. The maximum atomic E-state index is 3.39. The molecule has 0 aromatic carbocycles. The highest BCUT2D eigenvalue weighted by atomic mass is 32.1. The van der Waals surface area contributed by atoms with Gasteiger partial charge in [-0.25, -0.2) is 0 Å². The first kappa shape index (κ1) is 15.5. The summed E-state index contributed by atoms with van der Waals surface area (Å²) in [6.45, 7) is 9.44. The highest BCUT2D eigenvalue weighted by Crippen LogP contribution is 2.11. The van der Waals surface area contributed by atoms with Crippen molar-refractivity contribution in [1.82, 2.24) is 0 Å². The summed E-state index contributed by atoms with van der Waals surface area (Å²) >= 11 is 1.80. The minimum absolute atomic E-state index is 1.06. The molecule has 0 nitrogen and oxygen atoms in total. The van der Waals surface area contributed by atoms with Crippen molar-refractivity contribution in [3.05, 3.63) is 16.3 Å². The number of thiophene rings is 1. The van der Waals surface area contributed by atoms with Crippen molar-refractivity contribution in [2.24, 2.45) is 0 Å². The topological polar surface area (TPSA) is 0 Å². The second-order valence-electron chi connectivity index (χ2n) is 5.92. The molecule has 2 heteroatoms. The van der Waals surface area contributed by atoms with E-state index in [4.69, 9.17) is 0 Å². The van der Waals surface area contributed by atoms with Gasteiger partial charge in [-0.2, -0.15) is 11.3 Å². The lowest BCUT2D eigenvalue weighted by Crippen LogP contribution is -2.38. The summed E-state index contributed by atoms with van der Waals surface area (Å²) in [4.78, 5) is 0. The number of hydrogen-bond acceptors (Lipinski definition) is 1. The van der Waals surface area contributed by atoms with Crippen molar-refractivity contribution in [3.8, 4) is 11.8 Å². The Morgan fingerprint density at radius 3 is 2.44 bits per heavy atom. The van der Waals surface area contributed by atoms with Crippen LogP contribution in [-0.2, 0) is 0 Å². The van der Waals surface area contributed by atoms with Gasteiger partial charge in [0.05, 0.1) is 8.07 Å². The van der Waals surface area contributed by atoms with Crippen LogP contribution >= 0.6 is 11.3 Å². The van der Waals surface area contributed by atoms with Gasteiger partial charge in [0.1, 0.15) is 0 Å². The first-order valence-electron chi connectivity index (χ1n) is 7.11. The lowest BCUT2D eigenvalue weighted by Gasteiger charge is -2.14. The van der Waals surface area contributed by atoms with Crippen LogP contribution in [-0.4, -0.2) is 8.07 Å². The monoisotopic (exact) mass is 278 g/mol. The number of unbranched alkanes of at least 4 members (excludes halogenated alkanes) is 5. The molecule has 1 aromatic rings. The van der Waals surface area contributed by atoms with E-state index in [0.29, 0.717) is 0 Å². The minimum Gasteiger partial charge on any atom is -0.151 e. The van der Waals surface area contributed by atoms with Crippen LogP contribution in [0.3, 0.4) is 0 Å². The van der Waals surface area contributed by atoms with Crippen LogP contribution in [0.1, 0.15) is 51.0 Å². The van der Waals surface area contributed by atoms with Crippen molar-refractivity contribution in [2.75, 3.05) is 0 Å². The van der Waals surface area contributed by atoms with Gasteiger partial charge in [-0.05, 0) is 17.0 Å².